The lowest BCUT2D eigenvalue weighted by Gasteiger charge is -2.29. The number of likely N-dealkylation sites (tertiary alicyclic amines) is 1. The van der Waals surface area contributed by atoms with E-state index in [9.17, 15) is 0 Å². The number of nitrogens with one attached hydrogen (secondary N) is 1. The molecule has 128 valence electrons. The minimum atomic E-state index is 0.285. The van der Waals surface area contributed by atoms with Crippen molar-refractivity contribution in [2.24, 2.45) is 0 Å². The van der Waals surface area contributed by atoms with E-state index in [1.54, 1.807) is 6.07 Å². The van der Waals surface area contributed by atoms with Crippen molar-refractivity contribution in [3.63, 3.8) is 0 Å². The minimum Gasteiger partial charge on any atom is -0.311 e. The molecule has 1 fully saturated rings. The van der Waals surface area contributed by atoms with Gasteiger partial charge in [0.05, 0.1) is 0 Å². The van der Waals surface area contributed by atoms with Gasteiger partial charge < -0.3 is 5.32 Å². The predicted octanol–water partition coefficient (Wildman–Crippen LogP) is 5.57. The van der Waals surface area contributed by atoms with Gasteiger partial charge in [0.2, 0.25) is 0 Å². The maximum Gasteiger partial charge on any atom is 0.0487 e. The fourth-order valence-corrected chi connectivity index (χ4v) is 3.98. The van der Waals surface area contributed by atoms with E-state index >= 15 is 0 Å². The average molecular weight is 384 g/mol. The molecule has 0 saturated carbocycles. The lowest BCUT2D eigenvalue weighted by Crippen LogP contribution is -2.34. The summed E-state index contributed by atoms with van der Waals surface area (Å²) in [5, 5.41) is 5.73. The summed E-state index contributed by atoms with van der Waals surface area (Å²) in [5.74, 6) is 0. The van der Waals surface area contributed by atoms with Crippen LogP contribution in [0.4, 0.5) is 0 Å². The van der Waals surface area contributed by atoms with Crippen molar-refractivity contribution >= 4 is 34.8 Å². The van der Waals surface area contributed by atoms with Crippen molar-refractivity contribution in [3.8, 4) is 0 Å². The second kappa shape index (κ2) is 8.55. The third-order valence-corrected chi connectivity index (χ3v) is 5.45. The van der Waals surface area contributed by atoms with Crippen molar-refractivity contribution in [1.29, 1.82) is 0 Å². The van der Waals surface area contributed by atoms with Crippen LogP contribution in [0.3, 0.4) is 0 Å². The van der Waals surface area contributed by atoms with E-state index in [0.29, 0.717) is 16.6 Å². The Morgan fingerprint density at radius 3 is 2.42 bits per heavy atom. The summed E-state index contributed by atoms with van der Waals surface area (Å²) >= 11 is 18.7. The quantitative estimate of drug-likeness (QED) is 0.701. The van der Waals surface area contributed by atoms with Gasteiger partial charge in [-0.25, -0.2) is 0 Å². The second-order valence-electron chi connectivity index (χ2n) is 6.15. The molecule has 2 nitrogen and oxygen atoms in total. The normalized spacial score (nSPS) is 16.5. The summed E-state index contributed by atoms with van der Waals surface area (Å²) in [6.07, 6.45) is 2.51. The fraction of sp³-hybridized carbons (Fsp3) is 0.368. The molecule has 1 N–H and O–H groups in total. The van der Waals surface area contributed by atoms with E-state index in [0.717, 1.165) is 30.2 Å². The molecule has 0 aliphatic carbocycles. The molecule has 1 atom stereocenters. The smallest absolute Gasteiger partial charge is 0.0487 e. The maximum atomic E-state index is 6.45. The minimum absolute atomic E-state index is 0.285. The molecule has 3 rings (SSSR count). The van der Waals surface area contributed by atoms with Gasteiger partial charge in [-0.05, 0) is 55.3 Å². The lowest BCUT2D eigenvalue weighted by atomic mass is 10.1. The molecule has 0 radical (unpaired) electrons. The fourth-order valence-electron chi connectivity index (χ4n) is 3.24. The number of rotatable bonds is 6. The van der Waals surface area contributed by atoms with Crippen LogP contribution in [0.5, 0.6) is 0 Å². The summed E-state index contributed by atoms with van der Waals surface area (Å²) in [5.41, 5.74) is 2.25. The molecular formula is C19H21Cl3N2. The second-order valence-corrected chi connectivity index (χ2v) is 7.40. The van der Waals surface area contributed by atoms with Gasteiger partial charge in [0.1, 0.15) is 0 Å². The Balaban J connectivity index is 1.69. The van der Waals surface area contributed by atoms with E-state index < -0.39 is 0 Å². The van der Waals surface area contributed by atoms with Crippen molar-refractivity contribution in [3.05, 3.63) is 68.7 Å². The Morgan fingerprint density at radius 1 is 0.958 bits per heavy atom. The van der Waals surface area contributed by atoms with Crippen LogP contribution < -0.4 is 5.32 Å². The van der Waals surface area contributed by atoms with Gasteiger partial charge in [-0.15, -0.1) is 0 Å². The highest BCUT2D eigenvalue weighted by molar-refractivity contribution is 6.35. The average Bonchev–Trinajstić information content (AvgIpc) is 3.08. The Kier molecular flexibility index (Phi) is 6.43. The molecule has 0 spiro atoms. The van der Waals surface area contributed by atoms with E-state index in [1.807, 2.05) is 24.3 Å². The molecule has 24 heavy (non-hydrogen) atoms. The van der Waals surface area contributed by atoms with Gasteiger partial charge in [0.25, 0.3) is 0 Å². The summed E-state index contributed by atoms with van der Waals surface area (Å²) in [6, 6.07) is 14.0. The largest absolute Gasteiger partial charge is 0.311 e. The van der Waals surface area contributed by atoms with Gasteiger partial charge in [-0.2, -0.15) is 0 Å². The highest BCUT2D eigenvalue weighted by atomic mass is 35.5. The van der Waals surface area contributed by atoms with Gasteiger partial charge in [0, 0.05) is 34.2 Å². The molecule has 1 saturated heterocycles. The Morgan fingerprint density at radius 2 is 1.71 bits per heavy atom. The first-order chi connectivity index (χ1) is 11.6. The number of halogens is 3. The molecule has 1 heterocycles. The zero-order valence-corrected chi connectivity index (χ0v) is 15.7. The molecule has 0 aromatic heterocycles. The van der Waals surface area contributed by atoms with Crippen molar-refractivity contribution in [2.45, 2.75) is 25.4 Å². The highest BCUT2D eigenvalue weighted by Gasteiger charge is 2.24. The molecule has 1 unspecified atom stereocenters. The van der Waals surface area contributed by atoms with Crippen LogP contribution in [0.15, 0.2) is 42.5 Å². The van der Waals surface area contributed by atoms with Crippen LogP contribution >= 0.6 is 34.8 Å². The molecule has 0 bridgehead atoms. The summed E-state index contributed by atoms with van der Waals surface area (Å²) in [4.78, 5) is 2.51. The first-order valence-corrected chi connectivity index (χ1v) is 9.41. The molecule has 2 aromatic carbocycles. The Bertz CT molecular complexity index is 684. The van der Waals surface area contributed by atoms with Crippen LogP contribution in [-0.4, -0.2) is 24.5 Å². The molecule has 1 aliphatic rings. The zero-order chi connectivity index (χ0) is 16.9. The van der Waals surface area contributed by atoms with E-state index in [1.165, 1.54) is 18.4 Å². The van der Waals surface area contributed by atoms with Crippen LogP contribution in [0.2, 0.25) is 15.1 Å². The maximum absolute atomic E-state index is 6.45. The molecular weight excluding hydrogens is 363 g/mol. The third-order valence-electron chi connectivity index (χ3n) is 4.51. The molecule has 5 heteroatoms. The van der Waals surface area contributed by atoms with Gasteiger partial charge in [-0.1, -0.05) is 59.1 Å². The van der Waals surface area contributed by atoms with E-state index in [-0.39, 0.29) is 6.04 Å². The van der Waals surface area contributed by atoms with Crippen LogP contribution in [0, 0.1) is 0 Å². The van der Waals surface area contributed by atoms with E-state index in [4.69, 9.17) is 34.8 Å². The van der Waals surface area contributed by atoms with Crippen molar-refractivity contribution in [1.82, 2.24) is 10.2 Å². The number of benzene rings is 2. The zero-order valence-electron chi connectivity index (χ0n) is 13.4. The van der Waals surface area contributed by atoms with Crippen molar-refractivity contribution < 1.29 is 0 Å². The van der Waals surface area contributed by atoms with Gasteiger partial charge >= 0.3 is 0 Å². The number of hydrogen-bond acceptors (Lipinski definition) is 2. The highest BCUT2D eigenvalue weighted by Crippen LogP contribution is 2.30. The van der Waals surface area contributed by atoms with Crippen molar-refractivity contribution in [2.75, 3.05) is 19.6 Å². The lowest BCUT2D eigenvalue weighted by molar-refractivity contribution is 0.238. The number of hydrogen-bond donors (Lipinski definition) is 1. The molecule has 1 aliphatic heterocycles. The van der Waals surface area contributed by atoms with Crippen LogP contribution in [-0.2, 0) is 6.54 Å². The monoisotopic (exact) mass is 382 g/mol. The summed E-state index contributed by atoms with van der Waals surface area (Å²) in [6.45, 7) is 3.80. The summed E-state index contributed by atoms with van der Waals surface area (Å²) in [7, 11) is 0. The molecule has 2 aromatic rings. The van der Waals surface area contributed by atoms with Gasteiger partial charge in [-0.3, -0.25) is 4.90 Å². The first-order valence-electron chi connectivity index (χ1n) is 8.28. The van der Waals surface area contributed by atoms with Crippen LogP contribution in [0.1, 0.15) is 30.0 Å². The first kappa shape index (κ1) is 18.0. The molecule has 0 amide bonds. The Hall–Kier alpha value is -0.770. The topological polar surface area (TPSA) is 15.3 Å². The number of nitrogens with zero attached hydrogens (tertiary/aromatic N) is 1. The SMILES string of the molecule is Clc1ccc(CNCC(c2ccccc2Cl)N2CCCC2)c(Cl)c1. The Labute approximate surface area is 158 Å². The van der Waals surface area contributed by atoms with Gasteiger partial charge in [0.15, 0.2) is 0 Å². The standard InChI is InChI=1S/C19H21Cl3N2/c20-15-8-7-14(18(22)11-15)12-23-13-19(24-9-3-4-10-24)16-5-1-2-6-17(16)21/h1-2,5-8,11,19,23H,3-4,9-10,12-13H2. The third kappa shape index (κ3) is 4.44. The van der Waals surface area contributed by atoms with E-state index in [2.05, 4.69) is 22.3 Å². The van der Waals surface area contributed by atoms with Crippen LogP contribution in [0.25, 0.3) is 0 Å². The summed E-state index contributed by atoms with van der Waals surface area (Å²) < 4.78 is 0. The predicted molar refractivity (Wildman–Crippen MR) is 103 cm³/mol.